The van der Waals surface area contributed by atoms with Gasteiger partial charge in [0.1, 0.15) is 23.9 Å². The number of methoxy groups -OCH3 is 1. The Hall–Kier alpha value is -4.40. The molecule has 0 aliphatic rings. The smallest absolute Gasteiger partial charge is 0.337 e. The average Bonchev–Trinajstić information content (AvgIpc) is 3.48. The second-order valence-electron chi connectivity index (χ2n) is 7.05. The predicted octanol–water partition coefficient (Wildman–Crippen LogP) is 4.28. The Balaban J connectivity index is 1.30. The molecule has 0 saturated carbocycles. The number of nitrogens with zero attached hydrogens (tertiary/aromatic N) is 2. The Kier molecular flexibility index (Phi) is 6.49. The number of hydrogen-bond acceptors (Lipinski definition) is 6. The van der Waals surface area contributed by atoms with E-state index < -0.39 is 11.9 Å². The lowest BCUT2D eigenvalue weighted by atomic mass is 10.2. The zero-order valence-electron chi connectivity index (χ0n) is 17.7. The third-order valence-electron chi connectivity index (χ3n) is 4.68. The van der Waals surface area contributed by atoms with Crippen LogP contribution in [0.15, 0.2) is 77.3 Å². The summed E-state index contributed by atoms with van der Waals surface area (Å²) in [6, 6.07) is 17.4. The minimum Gasteiger partial charge on any atom is -0.486 e. The highest BCUT2D eigenvalue weighted by Crippen LogP contribution is 2.17. The summed E-state index contributed by atoms with van der Waals surface area (Å²) in [7, 11) is 1.32. The molecule has 2 aromatic heterocycles. The van der Waals surface area contributed by atoms with Crippen molar-refractivity contribution in [1.82, 2.24) is 9.78 Å². The molecule has 0 spiro atoms. The first-order valence-corrected chi connectivity index (χ1v) is 9.99. The topological polar surface area (TPSA) is 95.6 Å². The van der Waals surface area contributed by atoms with E-state index in [0.717, 1.165) is 5.56 Å². The second kappa shape index (κ2) is 9.82. The van der Waals surface area contributed by atoms with Gasteiger partial charge in [-0.05, 0) is 54.1 Å². The van der Waals surface area contributed by atoms with Crippen LogP contribution in [0.2, 0.25) is 0 Å². The monoisotopic (exact) mass is 449 g/mol. The number of benzene rings is 2. The Bertz CT molecular complexity index is 1250. The molecule has 0 atom stereocenters. The van der Waals surface area contributed by atoms with Gasteiger partial charge in [-0.15, -0.1) is 0 Å². The van der Waals surface area contributed by atoms with Crippen molar-refractivity contribution >= 4 is 17.7 Å². The molecule has 0 radical (unpaired) electrons. The predicted molar refractivity (Wildman–Crippen MR) is 117 cm³/mol. The molecular formula is C24H20FN3O5. The summed E-state index contributed by atoms with van der Waals surface area (Å²) < 4.78 is 30.5. The normalized spacial score (nSPS) is 10.6. The number of halogens is 1. The molecule has 9 heteroatoms. The maximum Gasteiger partial charge on any atom is 0.337 e. The molecule has 8 nitrogen and oxygen atoms in total. The third-order valence-corrected chi connectivity index (χ3v) is 4.68. The van der Waals surface area contributed by atoms with Crippen molar-refractivity contribution in [2.45, 2.75) is 13.2 Å². The Labute approximate surface area is 188 Å². The lowest BCUT2D eigenvalue weighted by Crippen LogP contribution is -2.12. The van der Waals surface area contributed by atoms with E-state index in [-0.39, 0.29) is 18.2 Å². The van der Waals surface area contributed by atoms with E-state index in [1.54, 1.807) is 65.5 Å². The van der Waals surface area contributed by atoms with E-state index in [4.69, 9.17) is 9.15 Å². The maximum absolute atomic E-state index is 13.0. The number of anilines is 1. The van der Waals surface area contributed by atoms with Crippen LogP contribution in [0.4, 0.5) is 10.2 Å². The molecule has 0 aliphatic heterocycles. The van der Waals surface area contributed by atoms with Gasteiger partial charge in [-0.25, -0.2) is 9.18 Å². The molecular weight excluding hydrogens is 429 g/mol. The van der Waals surface area contributed by atoms with Gasteiger partial charge in [-0.3, -0.25) is 9.48 Å². The van der Waals surface area contributed by atoms with Gasteiger partial charge in [0.15, 0.2) is 11.6 Å². The number of ether oxygens (including phenoxy) is 2. The fraction of sp³-hybridized carbons (Fsp3) is 0.125. The number of rotatable bonds is 8. The van der Waals surface area contributed by atoms with E-state index in [9.17, 15) is 14.0 Å². The summed E-state index contributed by atoms with van der Waals surface area (Å²) in [5.74, 6) is 0.298. The van der Waals surface area contributed by atoms with Crippen molar-refractivity contribution < 1.29 is 27.9 Å². The van der Waals surface area contributed by atoms with Crippen LogP contribution in [0, 0.1) is 5.82 Å². The molecule has 4 rings (SSSR count). The summed E-state index contributed by atoms with van der Waals surface area (Å²) in [5, 5.41) is 6.97. The van der Waals surface area contributed by atoms with Crippen molar-refractivity contribution in [3.63, 3.8) is 0 Å². The number of nitrogens with one attached hydrogen (secondary N) is 1. The molecule has 0 aliphatic carbocycles. The second-order valence-corrected chi connectivity index (χ2v) is 7.05. The van der Waals surface area contributed by atoms with Crippen molar-refractivity contribution in [2.24, 2.45) is 0 Å². The number of hydrogen-bond donors (Lipinski definition) is 1. The van der Waals surface area contributed by atoms with E-state index in [0.29, 0.717) is 29.4 Å². The van der Waals surface area contributed by atoms with Crippen LogP contribution in [0.25, 0.3) is 0 Å². The van der Waals surface area contributed by atoms with E-state index in [1.165, 1.54) is 19.2 Å². The van der Waals surface area contributed by atoms with Crippen LogP contribution in [0.5, 0.6) is 5.75 Å². The summed E-state index contributed by atoms with van der Waals surface area (Å²) >= 11 is 0. The standard InChI is InChI=1S/C24H20FN3O5/c1-31-24(30)17-4-8-19(9-5-17)32-15-20-10-11-21(33-20)23(29)26-22-12-13-28(27-22)14-16-2-6-18(25)7-3-16/h2-13H,14-15H2,1H3,(H,26,27,29). The first kappa shape index (κ1) is 21.8. The quantitative estimate of drug-likeness (QED) is 0.404. The number of carbonyl (C=O) groups excluding carboxylic acids is 2. The van der Waals surface area contributed by atoms with Gasteiger partial charge in [-0.2, -0.15) is 5.10 Å². The first-order valence-electron chi connectivity index (χ1n) is 9.99. The molecule has 2 heterocycles. The number of esters is 1. The summed E-state index contributed by atoms with van der Waals surface area (Å²) in [5.41, 5.74) is 1.30. The minimum absolute atomic E-state index is 0.108. The number of carbonyl (C=O) groups is 2. The highest BCUT2D eigenvalue weighted by molar-refractivity contribution is 6.01. The molecule has 0 unspecified atom stereocenters. The van der Waals surface area contributed by atoms with E-state index in [2.05, 4.69) is 15.2 Å². The minimum atomic E-state index is -0.448. The highest BCUT2D eigenvalue weighted by Gasteiger charge is 2.14. The van der Waals surface area contributed by atoms with E-state index in [1.807, 2.05) is 0 Å². The molecule has 1 N–H and O–H groups in total. The summed E-state index contributed by atoms with van der Waals surface area (Å²) in [6.07, 6.45) is 1.71. The van der Waals surface area contributed by atoms with Crippen LogP contribution in [-0.4, -0.2) is 28.8 Å². The molecule has 1 amide bonds. The Morgan fingerprint density at radius 2 is 1.79 bits per heavy atom. The number of aromatic nitrogens is 2. The van der Waals surface area contributed by atoms with Gasteiger partial charge in [0.05, 0.1) is 19.2 Å². The molecule has 0 fully saturated rings. The molecule has 33 heavy (non-hydrogen) atoms. The molecule has 4 aromatic rings. The Morgan fingerprint density at radius 3 is 2.52 bits per heavy atom. The van der Waals surface area contributed by atoms with Crippen molar-refractivity contribution in [3.05, 3.63) is 101 Å². The Morgan fingerprint density at radius 1 is 1.03 bits per heavy atom. The van der Waals surface area contributed by atoms with Gasteiger partial charge in [0.25, 0.3) is 5.91 Å². The van der Waals surface area contributed by atoms with Crippen LogP contribution in [-0.2, 0) is 17.9 Å². The zero-order valence-corrected chi connectivity index (χ0v) is 17.7. The van der Waals surface area contributed by atoms with Crippen molar-refractivity contribution in [2.75, 3.05) is 12.4 Å². The highest BCUT2D eigenvalue weighted by atomic mass is 19.1. The number of furan rings is 1. The number of amides is 1. The zero-order chi connectivity index (χ0) is 23.2. The van der Waals surface area contributed by atoms with Crippen molar-refractivity contribution in [3.8, 4) is 5.75 Å². The fourth-order valence-corrected chi connectivity index (χ4v) is 3.01. The largest absolute Gasteiger partial charge is 0.486 e. The van der Waals surface area contributed by atoms with Gasteiger partial charge in [0, 0.05) is 12.3 Å². The molecule has 2 aromatic carbocycles. The third kappa shape index (κ3) is 5.65. The van der Waals surface area contributed by atoms with Crippen LogP contribution < -0.4 is 10.1 Å². The maximum atomic E-state index is 13.0. The lowest BCUT2D eigenvalue weighted by Gasteiger charge is -2.05. The fourth-order valence-electron chi connectivity index (χ4n) is 3.01. The molecule has 168 valence electrons. The van der Waals surface area contributed by atoms with Gasteiger partial charge in [-0.1, -0.05) is 12.1 Å². The van der Waals surface area contributed by atoms with Gasteiger partial charge in [0.2, 0.25) is 0 Å². The molecule has 0 saturated heterocycles. The van der Waals surface area contributed by atoms with Crippen LogP contribution >= 0.6 is 0 Å². The van der Waals surface area contributed by atoms with Gasteiger partial charge < -0.3 is 19.2 Å². The van der Waals surface area contributed by atoms with Gasteiger partial charge >= 0.3 is 5.97 Å². The SMILES string of the molecule is COC(=O)c1ccc(OCc2ccc(C(=O)Nc3ccn(Cc4ccc(F)cc4)n3)o2)cc1. The summed E-state index contributed by atoms with van der Waals surface area (Å²) in [6.45, 7) is 0.552. The first-order chi connectivity index (χ1) is 16.0. The molecule has 0 bridgehead atoms. The average molecular weight is 449 g/mol. The van der Waals surface area contributed by atoms with Crippen LogP contribution in [0.1, 0.15) is 32.2 Å². The van der Waals surface area contributed by atoms with Crippen LogP contribution in [0.3, 0.4) is 0 Å². The van der Waals surface area contributed by atoms with E-state index >= 15 is 0 Å². The lowest BCUT2D eigenvalue weighted by molar-refractivity contribution is 0.0600. The summed E-state index contributed by atoms with van der Waals surface area (Å²) in [4.78, 5) is 23.9. The van der Waals surface area contributed by atoms with Crippen molar-refractivity contribution in [1.29, 1.82) is 0 Å².